The minimum absolute atomic E-state index is 0.109. The van der Waals surface area contributed by atoms with E-state index >= 15 is 0 Å². The molecule has 3 unspecified atom stereocenters. The summed E-state index contributed by atoms with van der Waals surface area (Å²) in [5, 5.41) is 21.6. The third-order valence-corrected chi connectivity index (χ3v) is 13.6. The fraction of sp³-hybridized carbons (Fsp3) is 0.577. The monoisotopic (exact) mass is 921 g/mol. The van der Waals surface area contributed by atoms with E-state index in [4.69, 9.17) is 49.0 Å². The fourth-order valence-electron chi connectivity index (χ4n) is 6.33. The number of nitrogens with one attached hydrogen (secondary N) is 1. The molecule has 3 aliphatic heterocycles. The number of phosphoric ester groups is 2. The molecule has 59 heavy (non-hydrogen) atoms. The SMILES string of the molecule is CCO[C@@H]1[C@H](OP(=O)(O)OC[C@H]2O[C@@H](n3cnc4c(=O)[nH]c(N)nc43)[C@H](O)[C@@H]2O)[C@@H](COP(=O)(O)OP(=O)(O)OP(=O)(O)O)O[C@H]1n1cnc2c1N=CCC(CC)=C2N. The summed E-state index contributed by atoms with van der Waals surface area (Å²) in [5.74, 6) is -0.146. The number of allylic oxidation sites excluding steroid dienone is 1. The van der Waals surface area contributed by atoms with Crippen LogP contribution < -0.4 is 17.0 Å². The molecule has 0 aromatic carbocycles. The highest BCUT2D eigenvalue weighted by Gasteiger charge is 2.53. The molecule has 11 atom stereocenters. The molecule has 12 N–H and O–H groups in total. The van der Waals surface area contributed by atoms with Crippen LogP contribution in [0.3, 0.4) is 0 Å². The van der Waals surface area contributed by atoms with Crippen molar-refractivity contribution in [3.63, 3.8) is 0 Å². The minimum atomic E-state index is -5.94. The van der Waals surface area contributed by atoms with Crippen LogP contribution in [0, 0.1) is 0 Å². The fourth-order valence-corrected chi connectivity index (χ4v) is 10.3. The van der Waals surface area contributed by atoms with Crippen molar-refractivity contribution in [3.05, 3.63) is 34.3 Å². The molecule has 29 nitrogen and oxygen atoms in total. The number of aliphatic hydroxyl groups excluding tert-OH is 2. The van der Waals surface area contributed by atoms with Crippen molar-refractivity contribution >= 4 is 66.1 Å². The molecule has 2 fully saturated rings. The Kier molecular flexibility index (Phi) is 13.3. The molecule has 3 aromatic heterocycles. The third-order valence-electron chi connectivity index (χ3n) is 8.84. The number of nitrogen functional groups attached to an aromatic ring is 1. The Morgan fingerprint density at radius 2 is 1.53 bits per heavy atom. The second-order valence-electron chi connectivity index (χ2n) is 12.7. The summed E-state index contributed by atoms with van der Waals surface area (Å²) in [6.07, 6.45) is -8.03. The van der Waals surface area contributed by atoms with Gasteiger partial charge in [-0.25, -0.2) is 33.2 Å². The number of aromatic amines is 1. The van der Waals surface area contributed by atoms with Gasteiger partial charge in [-0.3, -0.25) is 32.5 Å². The lowest BCUT2D eigenvalue weighted by Crippen LogP contribution is -2.38. The van der Waals surface area contributed by atoms with E-state index in [1.54, 1.807) is 6.21 Å². The lowest BCUT2D eigenvalue weighted by Gasteiger charge is -2.27. The molecule has 0 radical (unpaired) electrons. The smallest absolute Gasteiger partial charge is 0.397 e. The van der Waals surface area contributed by atoms with Crippen LogP contribution in [-0.2, 0) is 54.7 Å². The number of aliphatic hydroxyl groups is 2. The first-order valence-corrected chi connectivity index (χ1v) is 23.1. The van der Waals surface area contributed by atoms with Crippen LogP contribution in [-0.4, -0.2) is 126 Å². The van der Waals surface area contributed by atoms with E-state index in [2.05, 4.69) is 33.5 Å². The Balaban J connectivity index is 1.25. The minimum Gasteiger partial charge on any atom is -0.397 e. The first kappa shape index (κ1) is 45.4. The van der Waals surface area contributed by atoms with Crippen molar-refractivity contribution < 1.29 is 89.3 Å². The van der Waals surface area contributed by atoms with Crippen LogP contribution in [0.2, 0.25) is 0 Å². The molecule has 33 heteroatoms. The van der Waals surface area contributed by atoms with Crippen molar-refractivity contribution in [2.45, 2.75) is 75.8 Å². The number of imidazole rings is 2. The molecule has 6 rings (SSSR count). The zero-order chi connectivity index (χ0) is 43.2. The molecule has 2 saturated heterocycles. The van der Waals surface area contributed by atoms with Crippen LogP contribution in [0.25, 0.3) is 16.9 Å². The number of rotatable bonds is 17. The van der Waals surface area contributed by atoms with Gasteiger partial charge in [0.05, 0.1) is 31.6 Å². The van der Waals surface area contributed by atoms with Gasteiger partial charge in [-0.1, -0.05) is 6.92 Å². The predicted molar refractivity (Wildman–Crippen MR) is 195 cm³/mol. The number of aliphatic imine (C=N–C) groups is 1. The molecule has 0 spiro atoms. The number of ether oxygens (including phenoxy) is 3. The number of phosphoric acid groups is 4. The second kappa shape index (κ2) is 17.3. The number of anilines is 1. The molecule has 0 saturated carbocycles. The van der Waals surface area contributed by atoms with E-state index in [0.29, 0.717) is 18.5 Å². The maximum absolute atomic E-state index is 13.6. The molecule has 3 aromatic rings. The molecule has 6 heterocycles. The maximum atomic E-state index is 13.6. The Labute approximate surface area is 330 Å². The van der Waals surface area contributed by atoms with Gasteiger partial charge in [-0.2, -0.15) is 13.6 Å². The van der Waals surface area contributed by atoms with Gasteiger partial charge >= 0.3 is 31.3 Å². The van der Waals surface area contributed by atoms with Crippen molar-refractivity contribution in [1.82, 2.24) is 29.1 Å². The number of hydrogen-bond donors (Lipinski definition) is 10. The first-order chi connectivity index (χ1) is 27.5. The highest BCUT2D eigenvalue weighted by Crippen LogP contribution is 2.66. The lowest BCUT2D eigenvalue weighted by atomic mass is 10.1. The van der Waals surface area contributed by atoms with Gasteiger partial charge in [-0.05, 0) is 18.9 Å². The molecule has 0 bridgehead atoms. The van der Waals surface area contributed by atoms with Gasteiger partial charge in [-0.15, -0.1) is 0 Å². The number of aromatic nitrogens is 6. The van der Waals surface area contributed by atoms with E-state index in [-0.39, 0.29) is 35.2 Å². The Morgan fingerprint density at radius 1 is 0.864 bits per heavy atom. The van der Waals surface area contributed by atoms with Gasteiger partial charge < -0.3 is 60.4 Å². The highest BCUT2D eigenvalue weighted by molar-refractivity contribution is 7.66. The predicted octanol–water partition coefficient (Wildman–Crippen LogP) is -0.448. The molecular formula is C26H39N9O20P4. The zero-order valence-corrected chi connectivity index (χ0v) is 34.0. The van der Waals surface area contributed by atoms with E-state index in [1.807, 2.05) is 6.92 Å². The summed E-state index contributed by atoms with van der Waals surface area (Å²) in [6, 6.07) is 0. The average Bonchev–Trinajstić information content (AvgIpc) is 3.85. The number of hydrogen-bond acceptors (Lipinski definition) is 21. The van der Waals surface area contributed by atoms with Crippen LogP contribution >= 0.6 is 31.3 Å². The zero-order valence-electron chi connectivity index (χ0n) is 30.5. The van der Waals surface area contributed by atoms with Crippen LogP contribution in [0.1, 0.15) is 44.8 Å². The van der Waals surface area contributed by atoms with Gasteiger partial charge in [0.2, 0.25) is 5.95 Å². The molecule has 0 aliphatic carbocycles. The van der Waals surface area contributed by atoms with Crippen LogP contribution in [0.4, 0.5) is 11.8 Å². The summed E-state index contributed by atoms with van der Waals surface area (Å²) in [7, 11) is -22.8. The summed E-state index contributed by atoms with van der Waals surface area (Å²) >= 11 is 0. The van der Waals surface area contributed by atoms with Crippen LogP contribution in [0.5, 0.6) is 0 Å². The van der Waals surface area contributed by atoms with E-state index in [0.717, 1.165) is 16.5 Å². The Morgan fingerprint density at radius 3 is 2.20 bits per heavy atom. The number of H-pyrrole nitrogens is 1. The summed E-state index contributed by atoms with van der Waals surface area (Å²) in [6.45, 7) is 1.20. The molecular weight excluding hydrogens is 882 g/mol. The van der Waals surface area contributed by atoms with Crippen molar-refractivity contribution in [1.29, 1.82) is 0 Å². The van der Waals surface area contributed by atoms with Gasteiger partial charge in [0.25, 0.3) is 5.56 Å². The standard InChI is InChI=1S/C26H39N9O20P4/c1-3-11-5-6-29-21-15(14(11)27)30-9-34(21)25-20(48-4-2)19(13(52-25)8-50-58(44,45)55-59(46,47)54-56(39,40)41)53-57(42,43)49-7-12-17(36)18(37)24(51-12)35-10-31-16-22(35)32-26(28)33-23(16)38/h6,9-10,12-13,17-20,24-25,36-37H,3-5,7-8,27H2,1-2H3,(H,42,43)(H,44,45)(H,46,47)(H2,39,40,41)(H3,28,32,33,38)/t12-,13-,17-,18-,19-,20-,24-,25-/m1/s1. The van der Waals surface area contributed by atoms with Gasteiger partial charge in [0, 0.05) is 19.2 Å². The topological polar surface area (TPSA) is 430 Å². The summed E-state index contributed by atoms with van der Waals surface area (Å²) in [4.78, 5) is 79.7. The van der Waals surface area contributed by atoms with E-state index in [9.17, 15) is 47.9 Å². The second-order valence-corrected chi connectivity index (χ2v) is 18.6. The number of nitrogens with two attached hydrogens (primary N) is 2. The van der Waals surface area contributed by atoms with E-state index < -0.39 is 99.1 Å². The van der Waals surface area contributed by atoms with E-state index in [1.165, 1.54) is 17.8 Å². The van der Waals surface area contributed by atoms with Gasteiger partial charge in [0.15, 0.2) is 29.4 Å². The Hall–Kier alpha value is -3.11. The quantitative estimate of drug-likeness (QED) is 0.0767. The lowest BCUT2D eigenvalue weighted by molar-refractivity contribution is -0.0691. The summed E-state index contributed by atoms with van der Waals surface area (Å²) in [5.41, 5.74) is 12.4. The molecule has 0 amide bonds. The first-order valence-electron chi connectivity index (χ1n) is 17.1. The molecule has 3 aliphatic rings. The van der Waals surface area contributed by atoms with Crippen LogP contribution in [0.15, 0.2) is 28.0 Å². The third kappa shape index (κ3) is 10.2. The van der Waals surface area contributed by atoms with Crippen molar-refractivity contribution in [2.24, 2.45) is 10.7 Å². The normalized spacial score (nSPS) is 29.3. The average molecular weight is 922 g/mol. The molecule has 328 valence electrons. The van der Waals surface area contributed by atoms with Crippen molar-refractivity contribution in [3.8, 4) is 0 Å². The van der Waals surface area contributed by atoms with Gasteiger partial charge in [0.1, 0.15) is 42.3 Å². The summed E-state index contributed by atoms with van der Waals surface area (Å²) < 4.78 is 92.3. The largest absolute Gasteiger partial charge is 0.490 e. The van der Waals surface area contributed by atoms with Crippen molar-refractivity contribution in [2.75, 3.05) is 25.6 Å². The Bertz CT molecular complexity index is 2360. The number of fused-ring (bicyclic) bond motifs is 2. The maximum Gasteiger partial charge on any atom is 0.490 e. The number of nitrogens with zero attached hydrogens (tertiary/aromatic N) is 6. The highest BCUT2D eigenvalue weighted by atomic mass is 31.3.